The number of hydrogen-bond acceptors (Lipinski definition) is 3. The highest BCUT2D eigenvalue weighted by molar-refractivity contribution is 5.98. The van der Waals surface area contributed by atoms with Crippen LogP contribution in [0, 0.1) is 0 Å². The van der Waals surface area contributed by atoms with E-state index in [1.165, 1.54) is 6.92 Å². The fourth-order valence-corrected chi connectivity index (χ4v) is 1.43. The van der Waals surface area contributed by atoms with E-state index >= 15 is 0 Å². The lowest BCUT2D eigenvalue weighted by molar-refractivity contribution is -0.132. The molecular formula is C14H16O4. The Hall–Kier alpha value is -2.10. The Bertz CT molecular complexity index is 483. The average molecular weight is 248 g/mol. The predicted octanol–water partition coefficient (Wildman–Crippen LogP) is 2.69. The molecule has 0 atom stereocenters. The van der Waals surface area contributed by atoms with Crippen LogP contribution >= 0.6 is 0 Å². The van der Waals surface area contributed by atoms with E-state index in [0.717, 1.165) is 0 Å². The standard InChI is InChI=1S/C14H16O4/c1-9(10(2)14(16)17)8-13(15)11-4-6-12(18-3)7-5-11/h4-7H,8H2,1-3H3,(H,16,17)/b10-9+. The molecule has 0 fully saturated rings. The Morgan fingerprint density at radius 3 is 2.17 bits per heavy atom. The first kappa shape index (κ1) is 14.0. The molecule has 0 spiro atoms. The van der Waals surface area contributed by atoms with Gasteiger partial charge in [-0.2, -0.15) is 0 Å². The quantitative estimate of drug-likeness (QED) is 0.642. The highest BCUT2D eigenvalue weighted by atomic mass is 16.5. The van der Waals surface area contributed by atoms with E-state index in [1.54, 1.807) is 38.3 Å². The van der Waals surface area contributed by atoms with Crippen molar-refractivity contribution in [2.75, 3.05) is 7.11 Å². The second-order valence-electron chi connectivity index (χ2n) is 4.04. The zero-order chi connectivity index (χ0) is 13.7. The van der Waals surface area contributed by atoms with E-state index < -0.39 is 5.97 Å². The van der Waals surface area contributed by atoms with E-state index in [1.807, 2.05) is 0 Å². The molecule has 4 nitrogen and oxygen atoms in total. The third-order valence-electron chi connectivity index (χ3n) is 2.80. The Balaban J connectivity index is 2.82. The number of rotatable bonds is 5. The zero-order valence-corrected chi connectivity index (χ0v) is 10.7. The number of hydrogen-bond donors (Lipinski definition) is 1. The SMILES string of the molecule is COc1ccc(C(=O)C/C(C)=C(\C)C(=O)O)cc1. The van der Waals surface area contributed by atoms with Crippen molar-refractivity contribution in [3.05, 3.63) is 41.0 Å². The molecular weight excluding hydrogens is 232 g/mol. The van der Waals surface area contributed by atoms with Gasteiger partial charge in [0.05, 0.1) is 7.11 Å². The number of ether oxygens (including phenoxy) is 1. The Morgan fingerprint density at radius 2 is 1.72 bits per heavy atom. The third kappa shape index (κ3) is 3.45. The lowest BCUT2D eigenvalue weighted by Crippen LogP contribution is -2.05. The van der Waals surface area contributed by atoms with Gasteiger partial charge < -0.3 is 9.84 Å². The van der Waals surface area contributed by atoms with Gasteiger partial charge in [-0.15, -0.1) is 0 Å². The zero-order valence-electron chi connectivity index (χ0n) is 10.7. The van der Waals surface area contributed by atoms with Crippen molar-refractivity contribution in [2.45, 2.75) is 20.3 Å². The van der Waals surface area contributed by atoms with Gasteiger partial charge in [-0.3, -0.25) is 4.79 Å². The minimum Gasteiger partial charge on any atom is -0.497 e. The molecule has 0 heterocycles. The molecule has 0 aliphatic heterocycles. The van der Waals surface area contributed by atoms with Crippen molar-refractivity contribution >= 4 is 11.8 Å². The summed E-state index contributed by atoms with van der Waals surface area (Å²) in [5.41, 5.74) is 1.34. The second kappa shape index (κ2) is 6.00. The van der Waals surface area contributed by atoms with Crippen molar-refractivity contribution in [1.82, 2.24) is 0 Å². The molecule has 0 aromatic heterocycles. The number of allylic oxidation sites excluding steroid dienone is 1. The molecule has 0 aliphatic carbocycles. The van der Waals surface area contributed by atoms with Gasteiger partial charge in [0.2, 0.25) is 0 Å². The van der Waals surface area contributed by atoms with Gasteiger partial charge in [-0.1, -0.05) is 5.57 Å². The molecule has 1 rings (SSSR count). The molecule has 4 heteroatoms. The van der Waals surface area contributed by atoms with Crippen LogP contribution in [-0.4, -0.2) is 24.0 Å². The van der Waals surface area contributed by atoms with Crippen molar-refractivity contribution < 1.29 is 19.4 Å². The van der Waals surface area contributed by atoms with Gasteiger partial charge in [0.25, 0.3) is 0 Å². The van der Waals surface area contributed by atoms with Crippen LogP contribution < -0.4 is 4.74 Å². The second-order valence-corrected chi connectivity index (χ2v) is 4.04. The van der Waals surface area contributed by atoms with E-state index in [-0.39, 0.29) is 17.8 Å². The van der Waals surface area contributed by atoms with Gasteiger partial charge in [0.1, 0.15) is 5.75 Å². The molecule has 1 aromatic carbocycles. The van der Waals surface area contributed by atoms with Crippen molar-refractivity contribution in [1.29, 1.82) is 0 Å². The fraction of sp³-hybridized carbons (Fsp3) is 0.286. The topological polar surface area (TPSA) is 63.6 Å². The molecule has 0 saturated heterocycles. The smallest absolute Gasteiger partial charge is 0.331 e. The minimum absolute atomic E-state index is 0.101. The maximum atomic E-state index is 11.9. The number of carbonyl (C=O) groups excluding carboxylic acids is 1. The van der Waals surface area contributed by atoms with Crippen LogP contribution in [0.5, 0.6) is 5.75 Å². The number of carboxylic acid groups (broad SMARTS) is 1. The lowest BCUT2D eigenvalue weighted by Gasteiger charge is -2.05. The lowest BCUT2D eigenvalue weighted by atomic mass is 10.0. The molecule has 0 amide bonds. The maximum Gasteiger partial charge on any atom is 0.331 e. The Kier molecular flexibility index (Phi) is 4.66. The third-order valence-corrected chi connectivity index (χ3v) is 2.80. The van der Waals surface area contributed by atoms with Crippen LogP contribution in [0.3, 0.4) is 0 Å². The molecule has 0 radical (unpaired) electrons. The number of aliphatic carboxylic acids is 1. The van der Waals surface area contributed by atoms with E-state index in [9.17, 15) is 9.59 Å². The van der Waals surface area contributed by atoms with Crippen LogP contribution in [0.4, 0.5) is 0 Å². The molecule has 1 aromatic rings. The summed E-state index contributed by atoms with van der Waals surface area (Å²) < 4.78 is 5.00. The molecule has 0 bridgehead atoms. The van der Waals surface area contributed by atoms with Gasteiger partial charge in [0.15, 0.2) is 5.78 Å². The minimum atomic E-state index is -0.991. The first-order chi connectivity index (χ1) is 8.45. The number of methoxy groups -OCH3 is 1. The first-order valence-corrected chi connectivity index (χ1v) is 5.52. The van der Waals surface area contributed by atoms with E-state index in [4.69, 9.17) is 9.84 Å². The monoisotopic (exact) mass is 248 g/mol. The van der Waals surface area contributed by atoms with Crippen LogP contribution in [0.15, 0.2) is 35.4 Å². The molecule has 18 heavy (non-hydrogen) atoms. The molecule has 1 N–H and O–H groups in total. The summed E-state index contributed by atoms with van der Waals surface area (Å²) in [6.07, 6.45) is 0.116. The van der Waals surface area contributed by atoms with Crippen LogP contribution in [0.25, 0.3) is 0 Å². The van der Waals surface area contributed by atoms with Crippen molar-refractivity contribution in [3.8, 4) is 5.75 Å². The number of benzene rings is 1. The average Bonchev–Trinajstić information content (AvgIpc) is 2.37. The van der Waals surface area contributed by atoms with Gasteiger partial charge in [0, 0.05) is 17.6 Å². The summed E-state index contributed by atoms with van der Waals surface area (Å²) in [5, 5.41) is 8.82. The van der Waals surface area contributed by atoms with E-state index in [0.29, 0.717) is 16.9 Å². The summed E-state index contributed by atoms with van der Waals surface area (Å²) in [6, 6.07) is 6.75. The number of Topliss-reactive ketones (excluding diaryl/α,β-unsaturated/α-hetero) is 1. The van der Waals surface area contributed by atoms with Gasteiger partial charge in [-0.25, -0.2) is 4.79 Å². The molecule has 0 aliphatic rings. The van der Waals surface area contributed by atoms with Gasteiger partial charge >= 0.3 is 5.97 Å². The Morgan fingerprint density at radius 1 is 1.17 bits per heavy atom. The fourth-order valence-electron chi connectivity index (χ4n) is 1.43. The molecule has 0 saturated carbocycles. The Labute approximate surface area is 106 Å². The molecule has 96 valence electrons. The van der Waals surface area contributed by atoms with Crippen molar-refractivity contribution in [2.24, 2.45) is 0 Å². The van der Waals surface area contributed by atoms with Crippen LogP contribution in [0.1, 0.15) is 30.6 Å². The molecule has 0 unspecified atom stereocenters. The van der Waals surface area contributed by atoms with Gasteiger partial charge in [-0.05, 0) is 38.1 Å². The summed E-state index contributed by atoms with van der Waals surface area (Å²) in [4.78, 5) is 22.7. The highest BCUT2D eigenvalue weighted by Gasteiger charge is 2.11. The predicted molar refractivity (Wildman–Crippen MR) is 68.0 cm³/mol. The number of carbonyl (C=O) groups is 2. The normalized spacial score (nSPS) is 11.7. The van der Waals surface area contributed by atoms with Crippen LogP contribution in [-0.2, 0) is 4.79 Å². The summed E-state index contributed by atoms with van der Waals surface area (Å²) in [6.45, 7) is 3.16. The van der Waals surface area contributed by atoms with Crippen LogP contribution in [0.2, 0.25) is 0 Å². The first-order valence-electron chi connectivity index (χ1n) is 5.52. The number of carboxylic acids is 1. The highest BCUT2D eigenvalue weighted by Crippen LogP contribution is 2.16. The summed E-state index contributed by atoms with van der Waals surface area (Å²) in [5.74, 6) is -0.411. The number of ketones is 1. The largest absolute Gasteiger partial charge is 0.497 e. The summed E-state index contributed by atoms with van der Waals surface area (Å²) >= 11 is 0. The maximum absolute atomic E-state index is 11.9. The van der Waals surface area contributed by atoms with E-state index in [2.05, 4.69) is 0 Å². The van der Waals surface area contributed by atoms with Crippen molar-refractivity contribution in [3.63, 3.8) is 0 Å². The summed E-state index contributed by atoms with van der Waals surface area (Å²) in [7, 11) is 1.56.